The Morgan fingerprint density at radius 3 is 2.65 bits per heavy atom. The maximum atomic E-state index is 12.6. The summed E-state index contributed by atoms with van der Waals surface area (Å²) in [5.74, 6) is -1.19. The van der Waals surface area contributed by atoms with Crippen molar-refractivity contribution in [1.82, 2.24) is 15.1 Å². The van der Waals surface area contributed by atoms with Gasteiger partial charge in [0.2, 0.25) is 0 Å². The summed E-state index contributed by atoms with van der Waals surface area (Å²) < 4.78 is 1.89. The fraction of sp³-hybridized carbons (Fsp3) is 0.450. The van der Waals surface area contributed by atoms with E-state index in [4.69, 9.17) is 5.11 Å². The smallest absolute Gasteiger partial charge is 0.303 e. The molecule has 26 heavy (non-hydrogen) atoms. The van der Waals surface area contributed by atoms with Crippen molar-refractivity contribution in [2.45, 2.75) is 46.0 Å². The standard InChI is InChI=1S/C20H25N3O3/c1-3-14-7-9-15(10-8-14)23-17-6-4-5-16(17)19(22-23)20(26)21-12-13(2)11-18(24)25/h7-10,13H,3-6,11-12H2,1-2H3,(H,21,26)(H,24,25). The first-order valence-electron chi connectivity index (χ1n) is 9.19. The summed E-state index contributed by atoms with van der Waals surface area (Å²) >= 11 is 0. The van der Waals surface area contributed by atoms with Crippen LogP contribution < -0.4 is 5.32 Å². The lowest BCUT2D eigenvalue weighted by Gasteiger charge is -2.10. The van der Waals surface area contributed by atoms with Crippen LogP contribution >= 0.6 is 0 Å². The Labute approximate surface area is 153 Å². The SMILES string of the molecule is CCc1ccc(-n2nc(C(=O)NCC(C)CC(=O)O)c3c2CCC3)cc1. The molecule has 3 rings (SSSR count). The summed E-state index contributed by atoms with van der Waals surface area (Å²) in [4.78, 5) is 23.4. The minimum absolute atomic E-state index is 0.0383. The molecule has 6 heteroatoms. The van der Waals surface area contributed by atoms with Crippen molar-refractivity contribution in [3.05, 3.63) is 46.8 Å². The van der Waals surface area contributed by atoms with Crippen LogP contribution in [0, 0.1) is 5.92 Å². The molecule has 1 amide bonds. The van der Waals surface area contributed by atoms with Crippen LogP contribution in [0.1, 0.15) is 54.0 Å². The van der Waals surface area contributed by atoms with Crippen LogP contribution in [0.5, 0.6) is 0 Å². The first-order chi connectivity index (χ1) is 12.5. The summed E-state index contributed by atoms with van der Waals surface area (Å²) in [6.45, 7) is 4.26. The molecule has 1 heterocycles. The molecule has 0 saturated carbocycles. The Balaban J connectivity index is 1.80. The van der Waals surface area contributed by atoms with E-state index in [0.717, 1.165) is 42.6 Å². The molecule has 0 radical (unpaired) electrons. The number of carbonyl (C=O) groups excluding carboxylic acids is 1. The van der Waals surface area contributed by atoms with Crippen LogP contribution in [-0.4, -0.2) is 33.3 Å². The molecule has 0 saturated heterocycles. The zero-order chi connectivity index (χ0) is 18.7. The monoisotopic (exact) mass is 355 g/mol. The Morgan fingerprint density at radius 2 is 2.00 bits per heavy atom. The highest BCUT2D eigenvalue weighted by Crippen LogP contribution is 2.28. The zero-order valence-electron chi connectivity index (χ0n) is 15.3. The fourth-order valence-corrected chi connectivity index (χ4v) is 3.43. The van der Waals surface area contributed by atoms with Crippen molar-refractivity contribution in [3.8, 4) is 5.69 Å². The Bertz CT molecular complexity index is 808. The van der Waals surface area contributed by atoms with Crippen LogP contribution in [0.15, 0.2) is 24.3 Å². The zero-order valence-corrected chi connectivity index (χ0v) is 15.3. The molecule has 138 valence electrons. The van der Waals surface area contributed by atoms with Gasteiger partial charge in [-0.2, -0.15) is 5.10 Å². The Kier molecular flexibility index (Phi) is 5.40. The number of carboxylic acids is 1. The van der Waals surface area contributed by atoms with E-state index in [1.807, 2.05) is 23.7 Å². The molecular formula is C20H25N3O3. The number of aliphatic carboxylic acids is 1. The third-order valence-electron chi connectivity index (χ3n) is 4.87. The number of aryl methyl sites for hydroxylation is 1. The molecule has 0 spiro atoms. The average molecular weight is 355 g/mol. The maximum absolute atomic E-state index is 12.6. The molecule has 1 atom stereocenters. The molecule has 0 aliphatic heterocycles. The van der Waals surface area contributed by atoms with Crippen molar-refractivity contribution in [2.24, 2.45) is 5.92 Å². The maximum Gasteiger partial charge on any atom is 0.303 e. The van der Waals surface area contributed by atoms with E-state index in [2.05, 4.69) is 29.5 Å². The molecule has 0 bridgehead atoms. The lowest BCUT2D eigenvalue weighted by molar-refractivity contribution is -0.137. The van der Waals surface area contributed by atoms with Crippen molar-refractivity contribution in [2.75, 3.05) is 6.54 Å². The molecule has 6 nitrogen and oxygen atoms in total. The Morgan fingerprint density at radius 1 is 1.27 bits per heavy atom. The van der Waals surface area contributed by atoms with E-state index in [9.17, 15) is 9.59 Å². The number of nitrogens with zero attached hydrogens (tertiary/aromatic N) is 2. The van der Waals surface area contributed by atoms with E-state index >= 15 is 0 Å². The van der Waals surface area contributed by atoms with E-state index in [1.165, 1.54) is 5.56 Å². The van der Waals surface area contributed by atoms with Crippen molar-refractivity contribution in [3.63, 3.8) is 0 Å². The van der Waals surface area contributed by atoms with Crippen LogP contribution in [0.25, 0.3) is 5.69 Å². The van der Waals surface area contributed by atoms with Crippen molar-refractivity contribution in [1.29, 1.82) is 0 Å². The number of rotatable bonds is 7. The minimum Gasteiger partial charge on any atom is -0.481 e. The molecule has 2 N–H and O–H groups in total. The lowest BCUT2D eigenvalue weighted by Crippen LogP contribution is -2.30. The van der Waals surface area contributed by atoms with Gasteiger partial charge < -0.3 is 10.4 Å². The normalized spacial score (nSPS) is 14.1. The minimum atomic E-state index is -0.854. The summed E-state index contributed by atoms with van der Waals surface area (Å²) in [6, 6.07) is 8.26. The lowest BCUT2D eigenvalue weighted by atomic mass is 10.1. The second kappa shape index (κ2) is 7.72. The van der Waals surface area contributed by atoms with Crippen LogP contribution in [0.2, 0.25) is 0 Å². The molecule has 1 aliphatic rings. The first-order valence-corrected chi connectivity index (χ1v) is 9.19. The van der Waals surface area contributed by atoms with Crippen LogP contribution in [-0.2, 0) is 24.1 Å². The number of hydrogen-bond acceptors (Lipinski definition) is 3. The Hall–Kier alpha value is -2.63. The van der Waals surface area contributed by atoms with Gasteiger partial charge in [0.25, 0.3) is 5.91 Å². The van der Waals surface area contributed by atoms with E-state index in [0.29, 0.717) is 12.2 Å². The average Bonchev–Trinajstić information content (AvgIpc) is 3.21. The molecule has 1 aromatic carbocycles. The number of aromatic nitrogens is 2. The first kappa shape index (κ1) is 18.2. The second-order valence-corrected chi connectivity index (χ2v) is 6.97. The third kappa shape index (κ3) is 3.79. The van der Waals surface area contributed by atoms with Crippen LogP contribution in [0.3, 0.4) is 0 Å². The molecule has 0 fully saturated rings. The van der Waals surface area contributed by atoms with Gasteiger partial charge in [-0.25, -0.2) is 4.68 Å². The number of hydrogen-bond donors (Lipinski definition) is 2. The van der Waals surface area contributed by atoms with E-state index in [1.54, 1.807) is 0 Å². The quantitative estimate of drug-likeness (QED) is 0.800. The van der Waals surface area contributed by atoms with Gasteiger partial charge in [-0.3, -0.25) is 9.59 Å². The van der Waals surface area contributed by atoms with Gasteiger partial charge in [-0.05, 0) is 49.3 Å². The number of carbonyl (C=O) groups is 2. The van der Waals surface area contributed by atoms with Gasteiger partial charge in [-0.1, -0.05) is 26.0 Å². The van der Waals surface area contributed by atoms with E-state index in [-0.39, 0.29) is 18.2 Å². The molecule has 1 aromatic heterocycles. The summed E-state index contributed by atoms with van der Waals surface area (Å²) in [7, 11) is 0. The number of carboxylic acid groups (broad SMARTS) is 1. The van der Waals surface area contributed by atoms with Gasteiger partial charge in [-0.15, -0.1) is 0 Å². The predicted molar refractivity (Wildman–Crippen MR) is 98.7 cm³/mol. The second-order valence-electron chi connectivity index (χ2n) is 6.97. The highest BCUT2D eigenvalue weighted by Gasteiger charge is 2.27. The topological polar surface area (TPSA) is 84.2 Å². The fourth-order valence-electron chi connectivity index (χ4n) is 3.43. The number of benzene rings is 1. The molecule has 1 unspecified atom stereocenters. The van der Waals surface area contributed by atoms with E-state index < -0.39 is 5.97 Å². The third-order valence-corrected chi connectivity index (χ3v) is 4.87. The van der Waals surface area contributed by atoms with Gasteiger partial charge in [0.05, 0.1) is 5.69 Å². The number of fused-ring (bicyclic) bond motifs is 1. The molecule has 2 aromatic rings. The van der Waals surface area contributed by atoms with Gasteiger partial charge in [0, 0.05) is 24.2 Å². The predicted octanol–water partition coefficient (Wildman–Crippen LogP) is 2.76. The molecular weight excluding hydrogens is 330 g/mol. The van der Waals surface area contributed by atoms with Crippen molar-refractivity contribution >= 4 is 11.9 Å². The summed E-state index contributed by atoms with van der Waals surface area (Å²) in [5.41, 5.74) is 4.84. The van der Waals surface area contributed by atoms with Crippen molar-refractivity contribution < 1.29 is 14.7 Å². The number of amides is 1. The summed E-state index contributed by atoms with van der Waals surface area (Å²) in [5, 5.41) is 16.3. The largest absolute Gasteiger partial charge is 0.481 e. The summed E-state index contributed by atoms with van der Waals surface area (Å²) in [6.07, 6.45) is 3.82. The highest BCUT2D eigenvalue weighted by molar-refractivity contribution is 5.94. The number of nitrogens with one attached hydrogen (secondary N) is 1. The highest BCUT2D eigenvalue weighted by atomic mass is 16.4. The van der Waals surface area contributed by atoms with Gasteiger partial charge in [0.15, 0.2) is 5.69 Å². The van der Waals surface area contributed by atoms with Crippen LogP contribution in [0.4, 0.5) is 0 Å². The van der Waals surface area contributed by atoms with Gasteiger partial charge in [0.1, 0.15) is 0 Å². The molecule has 1 aliphatic carbocycles. The van der Waals surface area contributed by atoms with Gasteiger partial charge >= 0.3 is 5.97 Å².